The third-order valence-electron chi connectivity index (χ3n) is 5.45. The Morgan fingerprint density at radius 2 is 1.97 bits per heavy atom. The van der Waals surface area contributed by atoms with Crippen LogP contribution in [0.15, 0.2) is 54.5 Å². The Balaban J connectivity index is 1.37. The summed E-state index contributed by atoms with van der Waals surface area (Å²) in [7, 11) is 1.55. The molecule has 2 aromatic carbocycles. The van der Waals surface area contributed by atoms with Crippen LogP contribution in [0.4, 0.5) is 4.39 Å². The van der Waals surface area contributed by atoms with Crippen molar-refractivity contribution in [2.24, 2.45) is 5.92 Å². The first-order chi connectivity index (χ1) is 14.5. The molecule has 0 aromatic heterocycles. The lowest BCUT2D eigenvalue weighted by molar-refractivity contribution is -0.134. The standard InChI is InChI=1S/C23H22ClFO5/c1-27-19-4-2-3-5-20(19)30-22-13-29-21-11-16(8-9-17(21)23(22)26)28-12-14-6-7-15(25)10-18(14)24/h2-7,10,13,16-17,21H,8-9,11-12H2,1H3. The van der Waals surface area contributed by atoms with Crippen molar-refractivity contribution in [2.45, 2.75) is 38.1 Å². The lowest BCUT2D eigenvalue weighted by Crippen LogP contribution is -2.42. The minimum absolute atomic E-state index is 0.0646. The van der Waals surface area contributed by atoms with Gasteiger partial charge in [-0.1, -0.05) is 29.8 Å². The monoisotopic (exact) mass is 432 g/mol. The van der Waals surface area contributed by atoms with Gasteiger partial charge in [0.15, 0.2) is 11.5 Å². The van der Waals surface area contributed by atoms with E-state index < -0.39 is 0 Å². The average molecular weight is 433 g/mol. The number of Topliss-reactive ketones (excluding diaryl/α,β-unsaturated/α-hetero) is 1. The topological polar surface area (TPSA) is 54.0 Å². The summed E-state index contributed by atoms with van der Waals surface area (Å²) in [6.07, 6.45) is 3.01. The van der Waals surface area contributed by atoms with Gasteiger partial charge in [-0.25, -0.2) is 4.39 Å². The van der Waals surface area contributed by atoms with Gasteiger partial charge in [0.2, 0.25) is 11.5 Å². The van der Waals surface area contributed by atoms with Crippen LogP contribution < -0.4 is 9.47 Å². The van der Waals surface area contributed by atoms with Crippen molar-refractivity contribution >= 4 is 17.4 Å². The Bertz CT molecular complexity index is 960. The fourth-order valence-corrected chi connectivity index (χ4v) is 4.05. The summed E-state index contributed by atoms with van der Waals surface area (Å²) < 4.78 is 36.0. The predicted molar refractivity (Wildman–Crippen MR) is 109 cm³/mol. The molecule has 0 amide bonds. The average Bonchev–Trinajstić information content (AvgIpc) is 2.75. The van der Waals surface area contributed by atoms with Crippen molar-refractivity contribution in [1.82, 2.24) is 0 Å². The van der Waals surface area contributed by atoms with Crippen LogP contribution in [0, 0.1) is 11.7 Å². The molecule has 4 rings (SSSR count). The van der Waals surface area contributed by atoms with Crippen LogP contribution in [-0.4, -0.2) is 25.1 Å². The van der Waals surface area contributed by atoms with Gasteiger partial charge >= 0.3 is 0 Å². The van der Waals surface area contributed by atoms with Crippen LogP contribution in [0.5, 0.6) is 11.5 Å². The molecular weight excluding hydrogens is 411 g/mol. The molecule has 1 aliphatic heterocycles. The summed E-state index contributed by atoms with van der Waals surface area (Å²) in [6.45, 7) is 0.285. The van der Waals surface area contributed by atoms with E-state index in [0.29, 0.717) is 29.4 Å². The van der Waals surface area contributed by atoms with Crippen LogP contribution in [0.1, 0.15) is 24.8 Å². The van der Waals surface area contributed by atoms with Crippen molar-refractivity contribution in [3.05, 3.63) is 70.9 Å². The van der Waals surface area contributed by atoms with E-state index in [4.69, 9.17) is 30.5 Å². The minimum Gasteiger partial charge on any atom is -0.493 e. The van der Waals surface area contributed by atoms with E-state index in [2.05, 4.69) is 0 Å². The van der Waals surface area contributed by atoms with Crippen LogP contribution >= 0.6 is 11.6 Å². The summed E-state index contributed by atoms with van der Waals surface area (Å²) >= 11 is 6.06. The first-order valence-electron chi connectivity index (χ1n) is 9.81. The summed E-state index contributed by atoms with van der Waals surface area (Å²) in [5.74, 6) is 0.473. The number of ketones is 1. The largest absolute Gasteiger partial charge is 0.493 e. The molecule has 30 heavy (non-hydrogen) atoms. The Labute approximate surface area is 179 Å². The molecule has 1 heterocycles. The zero-order chi connectivity index (χ0) is 21.1. The minimum atomic E-state index is -0.378. The third-order valence-corrected chi connectivity index (χ3v) is 5.80. The van der Waals surface area contributed by atoms with E-state index in [1.54, 1.807) is 25.3 Å². The second kappa shape index (κ2) is 9.06. The number of fused-ring (bicyclic) bond motifs is 1. The molecule has 2 aromatic rings. The maximum absolute atomic E-state index is 13.2. The molecule has 5 nitrogen and oxygen atoms in total. The Hall–Kier alpha value is -2.57. The summed E-state index contributed by atoms with van der Waals surface area (Å²) in [4.78, 5) is 12.9. The van der Waals surface area contributed by atoms with Crippen molar-refractivity contribution in [2.75, 3.05) is 7.11 Å². The van der Waals surface area contributed by atoms with Crippen molar-refractivity contribution < 1.29 is 28.1 Å². The molecule has 0 saturated heterocycles. The SMILES string of the molecule is COc1ccccc1OC1=COC2CC(OCc3ccc(F)cc3Cl)CCC2C1=O. The first kappa shape index (κ1) is 20.7. The fourth-order valence-electron chi connectivity index (χ4n) is 3.83. The van der Waals surface area contributed by atoms with E-state index in [-0.39, 0.29) is 42.1 Å². The lowest BCUT2D eigenvalue weighted by Gasteiger charge is -2.37. The molecule has 158 valence electrons. The predicted octanol–water partition coefficient (Wildman–Crippen LogP) is 5.06. The molecule has 2 aliphatic rings. The quantitative estimate of drug-likeness (QED) is 0.638. The molecule has 3 atom stereocenters. The number of carbonyl (C=O) groups is 1. The molecule has 0 radical (unpaired) electrons. The van der Waals surface area contributed by atoms with Crippen molar-refractivity contribution in [1.29, 1.82) is 0 Å². The van der Waals surface area contributed by atoms with E-state index >= 15 is 0 Å². The highest BCUT2D eigenvalue weighted by Gasteiger charge is 2.41. The van der Waals surface area contributed by atoms with Crippen LogP contribution in [0.25, 0.3) is 0 Å². The number of allylic oxidation sites excluding steroid dienone is 1. The van der Waals surface area contributed by atoms with Gasteiger partial charge in [-0.05, 0) is 42.7 Å². The van der Waals surface area contributed by atoms with Gasteiger partial charge in [0.05, 0.1) is 25.7 Å². The van der Waals surface area contributed by atoms with Crippen molar-refractivity contribution in [3.8, 4) is 11.5 Å². The number of para-hydroxylation sites is 2. The molecule has 0 spiro atoms. The molecule has 0 bridgehead atoms. The van der Waals surface area contributed by atoms with E-state index in [9.17, 15) is 9.18 Å². The van der Waals surface area contributed by atoms with Gasteiger partial charge in [0.25, 0.3) is 0 Å². The smallest absolute Gasteiger partial charge is 0.208 e. The molecule has 3 unspecified atom stereocenters. The van der Waals surface area contributed by atoms with E-state index in [1.807, 2.05) is 12.1 Å². The number of benzene rings is 2. The zero-order valence-corrected chi connectivity index (χ0v) is 17.2. The molecule has 7 heteroatoms. The number of rotatable bonds is 6. The summed E-state index contributed by atoms with van der Waals surface area (Å²) in [5, 5.41) is 0.342. The molecule has 1 saturated carbocycles. The van der Waals surface area contributed by atoms with Gasteiger partial charge < -0.3 is 18.9 Å². The van der Waals surface area contributed by atoms with E-state index in [0.717, 1.165) is 12.0 Å². The third kappa shape index (κ3) is 4.45. The zero-order valence-electron chi connectivity index (χ0n) is 16.5. The summed E-state index contributed by atoms with van der Waals surface area (Å²) in [5.41, 5.74) is 0.730. The molecule has 1 aliphatic carbocycles. The first-order valence-corrected chi connectivity index (χ1v) is 10.2. The highest BCUT2D eigenvalue weighted by atomic mass is 35.5. The van der Waals surface area contributed by atoms with Crippen LogP contribution in [-0.2, 0) is 20.9 Å². The normalized spacial score (nSPS) is 23.2. The van der Waals surface area contributed by atoms with Gasteiger partial charge in [-0.3, -0.25) is 4.79 Å². The number of carbonyl (C=O) groups excluding carboxylic acids is 1. The Morgan fingerprint density at radius 3 is 2.73 bits per heavy atom. The molecule has 0 N–H and O–H groups in total. The maximum atomic E-state index is 13.2. The van der Waals surface area contributed by atoms with Gasteiger partial charge in [0.1, 0.15) is 18.2 Å². The number of hydrogen-bond donors (Lipinski definition) is 0. The lowest BCUT2D eigenvalue weighted by atomic mass is 9.80. The highest BCUT2D eigenvalue weighted by Crippen LogP contribution is 2.37. The van der Waals surface area contributed by atoms with Crippen LogP contribution in [0.2, 0.25) is 5.02 Å². The Morgan fingerprint density at radius 1 is 1.17 bits per heavy atom. The molecular formula is C23H22ClFO5. The second-order valence-electron chi connectivity index (χ2n) is 7.36. The van der Waals surface area contributed by atoms with Crippen LogP contribution in [0.3, 0.4) is 0 Å². The maximum Gasteiger partial charge on any atom is 0.208 e. The Kier molecular flexibility index (Phi) is 6.25. The number of ether oxygens (including phenoxy) is 4. The molecule has 1 fully saturated rings. The fraction of sp³-hybridized carbons (Fsp3) is 0.348. The number of halogens is 2. The number of methoxy groups -OCH3 is 1. The summed E-state index contributed by atoms with van der Waals surface area (Å²) in [6, 6.07) is 11.4. The van der Waals surface area contributed by atoms with E-state index in [1.165, 1.54) is 18.4 Å². The van der Waals surface area contributed by atoms with Gasteiger partial charge in [0, 0.05) is 11.4 Å². The number of hydrogen-bond acceptors (Lipinski definition) is 5. The van der Waals surface area contributed by atoms with Gasteiger partial charge in [-0.2, -0.15) is 0 Å². The highest BCUT2D eigenvalue weighted by molar-refractivity contribution is 6.31. The van der Waals surface area contributed by atoms with Crippen molar-refractivity contribution in [3.63, 3.8) is 0 Å². The second-order valence-corrected chi connectivity index (χ2v) is 7.77. The van der Waals surface area contributed by atoms with Gasteiger partial charge in [-0.15, -0.1) is 0 Å².